The van der Waals surface area contributed by atoms with Crippen molar-refractivity contribution in [2.24, 2.45) is 0 Å². The Hall–Kier alpha value is -2.50. The third-order valence-electron chi connectivity index (χ3n) is 3.19. The number of hydrogen-bond acceptors (Lipinski definition) is 5. The summed E-state index contributed by atoms with van der Waals surface area (Å²) in [5.74, 6) is -1.51. The van der Waals surface area contributed by atoms with Gasteiger partial charge in [-0.05, 0) is 18.6 Å². The van der Waals surface area contributed by atoms with Gasteiger partial charge in [-0.3, -0.25) is 19.3 Å². The van der Waals surface area contributed by atoms with Gasteiger partial charge in [0.05, 0.1) is 24.3 Å². The van der Waals surface area contributed by atoms with E-state index in [2.05, 4.69) is 4.74 Å². The van der Waals surface area contributed by atoms with E-state index in [0.717, 1.165) is 4.90 Å². The van der Waals surface area contributed by atoms with E-state index in [1.165, 1.54) is 19.2 Å². The number of aldehydes is 1. The number of fused-ring (bicyclic) bond motifs is 1. The van der Waals surface area contributed by atoms with Crippen LogP contribution < -0.4 is 0 Å². The van der Waals surface area contributed by atoms with Crippen LogP contribution in [0.4, 0.5) is 0 Å². The maximum Gasteiger partial charge on any atom is 0.305 e. The smallest absolute Gasteiger partial charge is 0.305 e. The van der Waals surface area contributed by atoms with Crippen molar-refractivity contribution >= 4 is 24.1 Å². The molecule has 2 amide bonds. The van der Waals surface area contributed by atoms with E-state index >= 15 is 0 Å². The highest BCUT2D eigenvalue weighted by atomic mass is 16.5. The minimum Gasteiger partial charge on any atom is -0.469 e. The van der Waals surface area contributed by atoms with Gasteiger partial charge in [-0.25, -0.2) is 0 Å². The number of methoxy groups -OCH3 is 1. The lowest BCUT2D eigenvalue weighted by Crippen LogP contribution is -2.41. The molecule has 0 fully saturated rings. The number of ether oxygens (including phenoxy) is 1. The minimum atomic E-state index is -0.957. The van der Waals surface area contributed by atoms with Crippen molar-refractivity contribution in [1.82, 2.24) is 4.90 Å². The molecule has 6 heteroatoms. The first-order valence-corrected chi connectivity index (χ1v) is 6.09. The number of benzene rings is 1. The second-order valence-corrected chi connectivity index (χ2v) is 4.34. The van der Waals surface area contributed by atoms with Crippen LogP contribution in [0.25, 0.3) is 0 Å². The summed E-state index contributed by atoms with van der Waals surface area (Å²) in [6, 6.07) is 5.42. The molecule has 0 saturated heterocycles. The summed E-state index contributed by atoms with van der Waals surface area (Å²) in [6.07, 6.45) is 0.527. The molecule has 0 radical (unpaired) electrons. The van der Waals surface area contributed by atoms with E-state index in [-0.39, 0.29) is 24.0 Å². The fourth-order valence-corrected chi connectivity index (χ4v) is 2.13. The molecule has 1 heterocycles. The molecule has 1 aromatic rings. The number of carbonyl (C=O) groups is 4. The van der Waals surface area contributed by atoms with Crippen LogP contribution in [-0.2, 0) is 14.3 Å². The van der Waals surface area contributed by atoms with Gasteiger partial charge in [0.15, 0.2) is 0 Å². The largest absolute Gasteiger partial charge is 0.469 e. The van der Waals surface area contributed by atoms with Gasteiger partial charge in [-0.15, -0.1) is 0 Å². The number of amides is 2. The predicted molar refractivity (Wildman–Crippen MR) is 68.0 cm³/mol. The highest BCUT2D eigenvalue weighted by Crippen LogP contribution is 2.25. The first kappa shape index (κ1) is 13.9. The second kappa shape index (κ2) is 5.64. The van der Waals surface area contributed by atoms with Crippen LogP contribution in [0, 0.1) is 0 Å². The normalized spacial score (nSPS) is 14.9. The first-order chi connectivity index (χ1) is 9.60. The molecular weight excluding hydrogens is 262 g/mol. The summed E-state index contributed by atoms with van der Waals surface area (Å²) in [5.41, 5.74) is 0.560. The van der Waals surface area contributed by atoms with Gasteiger partial charge < -0.3 is 9.53 Å². The molecule has 1 unspecified atom stereocenters. The zero-order valence-electron chi connectivity index (χ0n) is 10.9. The summed E-state index contributed by atoms with van der Waals surface area (Å²) >= 11 is 0. The maximum atomic E-state index is 12.2. The Balaban J connectivity index is 2.20. The Morgan fingerprint density at radius 3 is 2.25 bits per heavy atom. The topological polar surface area (TPSA) is 80.8 Å². The molecule has 20 heavy (non-hydrogen) atoms. The third kappa shape index (κ3) is 2.32. The van der Waals surface area contributed by atoms with E-state index in [1.807, 2.05) is 0 Å². The zero-order chi connectivity index (χ0) is 14.7. The molecule has 1 atom stereocenters. The number of nitrogens with zero attached hydrogens (tertiary/aromatic N) is 1. The molecule has 0 bridgehead atoms. The molecule has 1 aliphatic heterocycles. The second-order valence-electron chi connectivity index (χ2n) is 4.34. The molecule has 0 aromatic heterocycles. The van der Waals surface area contributed by atoms with Gasteiger partial charge in [0.25, 0.3) is 11.8 Å². The maximum absolute atomic E-state index is 12.2. The fraction of sp³-hybridized carbons (Fsp3) is 0.286. The van der Waals surface area contributed by atoms with E-state index < -0.39 is 23.8 Å². The highest BCUT2D eigenvalue weighted by Gasteiger charge is 2.39. The van der Waals surface area contributed by atoms with Crippen molar-refractivity contribution in [2.75, 3.05) is 7.11 Å². The van der Waals surface area contributed by atoms with Gasteiger partial charge in [-0.1, -0.05) is 12.1 Å². The highest BCUT2D eigenvalue weighted by molar-refractivity contribution is 6.22. The van der Waals surface area contributed by atoms with Crippen molar-refractivity contribution in [1.29, 1.82) is 0 Å². The molecule has 0 spiro atoms. The summed E-state index contributed by atoms with van der Waals surface area (Å²) in [7, 11) is 1.24. The standard InChI is InChI=1S/C14H13NO5/c1-20-12(17)7-6-9(8-16)15-13(18)10-4-2-3-5-11(10)14(15)19/h2-5,8-9H,6-7H2,1H3. The lowest BCUT2D eigenvalue weighted by atomic mass is 10.1. The van der Waals surface area contributed by atoms with Crippen molar-refractivity contribution < 1.29 is 23.9 Å². The zero-order valence-corrected chi connectivity index (χ0v) is 10.9. The van der Waals surface area contributed by atoms with Gasteiger partial charge in [0.1, 0.15) is 6.29 Å². The predicted octanol–water partition coefficient (Wildman–Crippen LogP) is 0.803. The van der Waals surface area contributed by atoms with Crippen molar-refractivity contribution in [3.8, 4) is 0 Å². The van der Waals surface area contributed by atoms with E-state index in [9.17, 15) is 19.2 Å². The molecule has 1 aromatic carbocycles. The van der Waals surface area contributed by atoms with Crippen molar-refractivity contribution in [3.63, 3.8) is 0 Å². The molecule has 6 nitrogen and oxygen atoms in total. The summed E-state index contributed by atoms with van der Waals surface area (Å²) in [4.78, 5) is 47.4. The Kier molecular flexibility index (Phi) is 3.93. The van der Waals surface area contributed by atoms with Gasteiger partial charge in [0.2, 0.25) is 0 Å². The minimum absolute atomic E-state index is 0.0344. The SMILES string of the molecule is COC(=O)CCC(C=O)N1C(=O)c2ccccc2C1=O. The first-order valence-electron chi connectivity index (χ1n) is 6.09. The monoisotopic (exact) mass is 275 g/mol. The van der Waals surface area contributed by atoms with E-state index in [0.29, 0.717) is 6.29 Å². The number of hydrogen-bond donors (Lipinski definition) is 0. The van der Waals surface area contributed by atoms with Crippen molar-refractivity contribution in [3.05, 3.63) is 35.4 Å². The number of esters is 1. The molecule has 0 aliphatic carbocycles. The van der Waals surface area contributed by atoms with Crippen LogP contribution in [0.1, 0.15) is 33.6 Å². The van der Waals surface area contributed by atoms with Gasteiger partial charge >= 0.3 is 5.97 Å². The summed E-state index contributed by atoms with van der Waals surface area (Å²) < 4.78 is 4.48. The number of carbonyl (C=O) groups excluding carboxylic acids is 4. The lowest BCUT2D eigenvalue weighted by molar-refractivity contribution is -0.141. The summed E-state index contributed by atoms with van der Waals surface area (Å²) in [5, 5.41) is 0. The van der Waals surface area contributed by atoms with Crippen LogP contribution in [0.3, 0.4) is 0 Å². The molecule has 1 aliphatic rings. The fourth-order valence-electron chi connectivity index (χ4n) is 2.13. The van der Waals surface area contributed by atoms with Gasteiger partial charge in [0, 0.05) is 6.42 Å². The molecule has 2 rings (SSSR count). The third-order valence-corrected chi connectivity index (χ3v) is 3.19. The number of rotatable bonds is 5. The molecule has 0 saturated carbocycles. The lowest BCUT2D eigenvalue weighted by Gasteiger charge is -2.20. The van der Waals surface area contributed by atoms with Crippen LogP contribution in [-0.4, -0.2) is 42.1 Å². The van der Waals surface area contributed by atoms with Crippen molar-refractivity contribution in [2.45, 2.75) is 18.9 Å². The molecular formula is C14H13NO5. The van der Waals surface area contributed by atoms with Crippen LogP contribution in [0.2, 0.25) is 0 Å². The van der Waals surface area contributed by atoms with Gasteiger partial charge in [-0.2, -0.15) is 0 Å². The van der Waals surface area contributed by atoms with E-state index in [1.54, 1.807) is 12.1 Å². The van der Waals surface area contributed by atoms with Crippen LogP contribution in [0.5, 0.6) is 0 Å². The number of imide groups is 1. The quantitative estimate of drug-likeness (QED) is 0.451. The average molecular weight is 275 g/mol. The van der Waals surface area contributed by atoms with E-state index in [4.69, 9.17) is 0 Å². The summed E-state index contributed by atoms with van der Waals surface area (Å²) in [6.45, 7) is 0. The van der Waals surface area contributed by atoms with Crippen LogP contribution >= 0.6 is 0 Å². The molecule has 104 valence electrons. The Morgan fingerprint density at radius 1 is 1.25 bits per heavy atom. The van der Waals surface area contributed by atoms with Crippen LogP contribution in [0.15, 0.2) is 24.3 Å². The Morgan fingerprint density at radius 2 is 1.80 bits per heavy atom. The Bertz CT molecular complexity index is 546. The average Bonchev–Trinajstić information content (AvgIpc) is 2.73. The Labute approximate surface area is 115 Å². The molecule has 0 N–H and O–H groups in total.